The maximum atomic E-state index is 12.0. The molecule has 0 aliphatic rings. The highest BCUT2D eigenvalue weighted by Crippen LogP contribution is 2.02. The molecule has 0 aliphatic heterocycles. The first-order valence-corrected chi connectivity index (χ1v) is 6.48. The molecule has 0 fully saturated rings. The largest absolute Gasteiger partial charge is 0.394 e. The molecule has 7 heteroatoms. The summed E-state index contributed by atoms with van der Waals surface area (Å²) in [6, 6.07) is 2.32. The lowest BCUT2D eigenvalue weighted by Gasteiger charge is -2.19. The van der Waals surface area contributed by atoms with Gasteiger partial charge in [-0.05, 0) is 12.0 Å². The molecule has 0 bridgehead atoms. The van der Waals surface area contributed by atoms with Crippen LogP contribution in [0.1, 0.15) is 24.3 Å². The topological polar surface area (TPSA) is 93.5 Å². The van der Waals surface area contributed by atoms with Crippen molar-refractivity contribution in [3.8, 4) is 0 Å². The number of aliphatic hydroxyl groups excluding tert-OH is 1. The monoisotopic (exact) mass is 283 g/mol. The van der Waals surface area contributed by atoms with Gasteiger partial charge in [-0.1, -0.05) is 13.8 Å². The number of hydrogen-bond donors (Lipinski definition) is 2. The fourth-order valence-electron chi connectivity index (χ4n) is 1.57. The fourth-order valence-corrected chi connectivity index (χ4v) is 1.57. The lowest BCUT2D eigenvalue weighted by molar-refractivity contribution is 0.0888. The molecule has 0 aromatic carbocycles. The Morgan fingerprint density at radius 3 is 2.75 bits per heavy atom. The van der Waals surface area contributed by atoms with Crippen LogP contribution in [0.4, 0.5) is 0 Å². The number of methoxy groups -OCH3 is 1. The van der Waals surface area contributed by atoms with E-state index >= 15 is 0 Å². The van der Waals surface area contributed by atoms with Crippen LogP contribution in [0.25, 0.3) is 0 Å². The Balaban J connectivity index is 2.85. The van der Waals surface area contributed by atoms with Gasteiger partial charge < -0.3 is 15.2 Å². The zero-order valence-electron chi connectivity index (χ0n) is 12.0. The van der Waals surface area contributed by atoms with Crippen molar-refractivity contribution < 1.29 is 14.6 Å². The molecule has 1 aromatic rings. The number of nitrogens with one attached hydrogen (secondary N) is 1. The van der Waals surface area contributed by atoms with Gasteiger partial charge in [-0.2, -0.15) is 5.10 Å². The molecule has 0 spiro atoms. The molecule has 0 saturated carbocycles. The number of aliphatic hydroxyl groups is 1. The standard InChI is InChI=1S/C13H21N3O4/c1-9(2)11(8-17)14-13(19)10-4-5-12(18)16(15-10)6-7-20-3/h4-5,9,11,17H,6-8H2,1-3H3,(H,14,19). The number of rotatable bonds is 7. The lowest BCUT2D eigenvalue weighted by Crippen LogP contribution is -2.42. The van der Waals surface area contributed by atoms with Gasteiger partial charge in [-0.3, -0.25) is 9.59 Å². The van der Waals surface area contributed by atoms with E-state index in [1.807, 2.05) is 13.8 Å². The van der Waals surface area contributed by atoms with E-state index in [9.17, 15) is 14.7 Å². The van der Waals surface area contributed by atoms with Crippen molar-refractivity contribution >= 4 is 5.91 Å². The van der Waals surface area contributed by atoms with Gasteiger partial charge in [0, 0.05) is 13.2 Å². The van der Waals surface area contributed by atoms with Crippen molar-refractivity contribution in [2.75, 3.05) is 20.3 Å². The van der Waals surface area contributed by atoms with E-state index < -0.39 is 5.91 Å². The van der Waals surface area contributed by atoms with Crippen molar-refractivity contribution in [2.24, 2.45) is 5.92 Å². The van der Waals surface area contributed by atoms with E-state index in [-0.39, 0.29) is 36.4 Å². The molecule has 7 nitrogen and oxygen atoms in total. The third kappa shape index (κ3) is 4.43. The summed E-state index contributed by atoms with van der Waals surface area (Å²) in [5, 5.41) is 15.9. The van der Waals surface area contributed by atoms with E-state index in [2.05, 4.69) is 10.4 Å². The minimum Gasteiger partial charge on any atom is -0.394 e. The Labute approximate surface area is 117 Å². The third-order valence-corrected chi connectivity index (χ3v) is 2.92. The quantitative estimate of drug-likeness (QED) is 0.712. The summed E-state index contributed by atoms with van der Waals surface area (Å²) in [6.45, 7) is 4.27. The van der Waals surface area contributed by atoms with Gasteiger partial charge >= 0.3 is 0 Å². The SMILES string of the molecule is COCCn1nc(C(=O)NC(CO)C(C)C)ccc1=O. The molecule has 1 unspecified atom stereocenters. The summed E-state index contributed by atoms with van der Waals surface area (Å²) in [5.74, 6) is -0.313. The first-order valence-electron chi connectivity index (χ1n) is 6.48. The fraction of sp³-hybridized carbons (Fsp3) is 0.615. The van der Waals surface area contributed by atoms with E-state index in [1.165, 1.54) is 23.9 Å². The van der Waals surface area contributed by atoms with Crippen LogP contribution in [0.5, 0.6) is 0 Å². The summed E-state index contributed by atoms with van der Waals surface area (Å²) in [5.41, 5.74) is -0.152. The number of amides is 1. The second-order valence-electron chi connectivity index (χ2n) is 4.78. The molecular formula is C13H21N3O4. The van der Waals surface area contributed by atoms with Crippen LogP contribution >= 0.6 is 0 Å². The highest BCUT2D eigenvalue weighted by molar-refractivity contribution is 5.92. The maximum absolute atomic E-state index is 12.0. The average Bonchev–Trinajstić information content (AvgIpc) is 2.43. The maximum Gasteiger partial charge on any atom is 0.272 e. The summed E-state index contributed by atoms with van der Waals surface area (Å²) >= 11 is 0. The van der Waals surface area contributed by atoms with Crippen LogP contribution in [0, 0.1) is 5.92 Å². The predicted molar refractivity (Wildman–Crippen MR) is 73.6 cm³/mol. The van der Waals surface area contributed by atoms with Gasteiger partial charge in [0.15, 0.2) is 0 Å². The minimum absolute atomic E-state index is 0.100. The molecule has 20 heavy (non-hydrogen) atoms. The number of carbonyl (C=O) groups excluding carboxylic acids is 1. The van der Waals surface area contributed by atoms with E-state index in [1.54, 1.807) is 0 Å². The molecule has 0 saturated heterocycles. The normalized spacial score (nSPS) is 12.4. The number of aromatic nitrogens is 2. The summed E-state index contributed by atoms with van der Waals surface area (Å²) < 4.78 is 6.06. The van der Waals surface area contributed by atoms with Crippen molar-refractivity contribution in [2.45, 2.75) is 26.4 Å². The Hall–Kier alpha value is -1.73. The molecular weight excluding hydrogens is 262 g/mol. The Kier molecular flexibility index (Phi) is 6.33. The van der Waals surface area contributed by atoms with Gasteiger partial charge in [0.1, 0.15) is 5.69 Å². The molecule has 1 aromatic heterocycles. The van der Waals surface area contributed by atoms with Gasteiger partial charge in [0.25, 0.3) is 11.5 Å². The molecule has 2 N–H and O–H groups in total. The second-order valence-corrected chi connectivity index (χ2v) is 4.78. The molecule has 0 radical (unpaired) electrons. The molecule has 0 aliphatic carbocycles. The first-order chi connectivity index (χ1) is 9.49. The molecule has 1 amide bonds. The molecule has 112 valence electrons. The number of hydrogen-bond acceptors (Lipinski definition) is 5. The minimum atomic E-state index is -0.413. The Morgan fingerprint density at radius 1 is 1.50 bits per heavy atom. The number of ether oxygens (including phenoxy) is 1. The van der Waals surface area contributed by atoms with E-state index in [0.29, 0.717) is 6.61 Å². The zero-order chi connectivity index (χ0) is 15.1. The highest BCUT2D eigenvalue weighted by atomic mass is 16.5. The Bertz CT molecular complexity index is 499. The van der Waals surface area contributed by atoms with Crippen molar-refractivity contribution in [3.05, 3.63) is 28.2 Å². The first kappa shape index (κ1) is 16.3. The van der Waals surface area contributed by atoms with Crippen LogP contribution in [0.15, 0.2) is 16.9 Å². The smallest absolute Gasteiger partial charge is 0.272 e. The number of carbonyl (C=O) groups is 1. The van der Waals surface area contributed by atoms with Gasteiger partial charge in [-0.15, -0.1) is 0 Å². The summed E-state index contributed by atoms with van der Waals surface area (Å²) in [6.07, 6.45) is 0. The van der Waals surface area contributed by atoms with Crippen LogP contribution in [-0.2, 0) is 11.3 Å². The van der Waals surface area contributed by atoms with Crippen molar-refractivity contribution in [3.63, 3.8) is 0 Å². The third-order valence-electron chi connectivity index (χ3n) is 2.92. The molecule has 1 heterocycles. The number of nitrogens with zero attached hydrogens (tertiary/aromatic N) is 2. The van der Waals surface area contributed by atoms with Crippen LogP contribution in [0.3, 0.4) is 0 Å². The average molecular weight is 283 g/mol. The van der Waals surface area contributed by atoms with Gasteiger partial charge in [0.2, 0.25) is 0 Å². The second kappa shape index (κ2) is 7.76. The highest BCUT2D eigenvalue weighted by Gasteiger charge is 2.17. The molecule has 1 atom stereocenters. The van der Waals surface area contributed by atoms with Crippen molar-refractivity contribution in [1.29, 1.82) is 0 Å². The summed E-state index contributed by atoms with van der Waals surface area (Å²) in [4.78, 5) is 23.6. The predicted octanol–water partition coefficient (Wildman–Crippen LogP) is -0.364. The van der Waals surface area contributed by atoms with Crippen molar-refractivity contribution in [1.82, 2.24) is 15.1 Å². The van der Waals surface area contributed by atoms with E-state index in [0.717, 1.165) is 0 Å². The molecule has 1 rings (SSSR count). The Morgan fingerprint density at radius 2 is 2.20 bits per heavy atom. The van der Waals surface area contributed by atoms with Crippen LogP contribution in [-0.4, -0.2) is 47.2 Å². The van der Waals surface area contributed by atoms with Crippen LogP contribution < -0.4 is 10.9 Å². The van der Waals surface area contributed by atoms with Gasteiger partial charge in [0.05, 0.1) is 25.8 Å². The zero-order valence-corrected chi connectivity index (χ0v) is 12.0. The lowest BCUT2D eigenvalue weighted by atomic mass is 10.1. The van der Waals surface area contributed by atoms with Crippen LogP contribution in [0.2, 0.25) is 0 Å². The van der Waals surface area contributed by atoms with Gasteiger partial charge in [-0.25, -0.2) is 4.68 Å². The summed E-state index contributed by atoms with van der Waals surface area (Å²) in [7, 11) is 1.52. The van der Waals surface area contributed by atoms with E-state index in [4.69, 9.17) is 4.74 Å².